The highest BCUT2D eigenvalue weighted by atomic mass is 16.4. The first kappa shape index (κ1) is 22.9. The summed E-state index contributed by atoms with van der Waals surface area (Å²) >= 11 is 0. The van der Waals surface area contributed by atoms with E-state index < -0.39 is 24.4 Å². The van der Waals surface area contributed by atoms with Crippen molar-refractivity contribution in [2.75, 3.05) is 26.2 Å². The molecule has 0 spiro atoms. The van der Waals surface area contributed by atoms with Crippen molar-refractivity contribution in [3.8, 4) is 11.1 Å². The van der Waals surface area contributed by atoms with Gasteiger partial charge in [-0.3, -0.25) is 9.69 Å². The first-order chi connectivity index (χ1) is 15.5. The Morgan fingerprint density at radius 3 is 2.19 bits per heavy atom. The van der Waals surface area contributed by atoms with Crippen LogP contribution in [0.1, 0.15) is 36.3 Å². The van der Waals surface area contributed by atoms with Crippen LogP contribution in [0.25, 0.3) is 11.1 Å². The predicted molar refractivity (Wildman–Crippen MR) is 121 cm³/mol. The van der Waals surface area contributed by atoms with Crippen molar-refractivity contribution in [2.45, 2.75) is 49.5 Å². The largest absolute Gasteiger partial charge is 0.395 e. The van der Waals surface area contributed by atoms with Crippen molar-refractivity contribution in [2.24, 2.45) is 0 Å². The molecule has 32 heavy (non-hydrogen) atoms. The molecule has 0 radical (unpaired) electrons. The molecule has 2 aromatic carbocycles. The molecule has 1 aliphatic carbocycles. The molecule has 2 aromatic rings. The van der Waals surface area contributed by atoms with E-state index in [0.717, 1.165) is 12.8 Å². The van der Waals surface area contributed by atoms with Gasteiger partial charge in [-0.2, -0.15) is 0 Å². The van der Waals surface area contributed by atoms with Crippen LogP contribution in [0, 0.1) is 0 Å². The summed E-state index contributed by atoms with van der Waals surface area (Å²) in [5, 5.41) is 42.3. The molecule has 1 heterocycles. The summed E-state index contributed by atoms with van der Waals surface area (Å²) < 4.78 is 0. The maximum Gasteiger partial charge on any atom is 0.220 e. The normalized spacial score (nSPS) is 25.4. The molecule has 4 atom stereocenters. The van der Waals surface area contributed by atoms with Gasteiger partial charge in [-0.15, -0.1) is 0 Å². The van der Waals surface area contributed by atoms with Gasteiger partial charge in [0.15, 0.2) is 0 Å². The number of benzene rings is 2. The van der Waals surface area contributed by atoms with Crippen molar-refractivity contribution in [1.82, 2.24) is 10.2 Å². The molecule has 1 fully saturated rings. The number of amides is 1. The second-order valence-corrected chi connectivity index (χ2v) is 8.78. The molecule has 1 saturated heterocycles. The van der Waals surface area contributed by atoms with Crippen LogP contribution in [0.5, 0.6) is 0 Å². The zero-order valence-electron chi connectivity index (χ0n) is 18.1. The molecule has 0 saturated carbocycles. The van der Waals surface area contributed by atoms with Crippen molar-refractivity contribution in [3.63, 3.8) is 0 Å². The third kappa shape index (κ3) is 4.58. The number of likely N-dealkylation sites (tertiary alicyclic amines) is 1. The number of piperidine rings is 1. The summed E-state index contributed by atoms with van der Waals surface area (Å²) in [5.41, 5.74) is 4.80. The van der Waals surface area contributed by atoms with Crippen LogP contribution in [0.15, 0.2) is 48.5 Å². The number of rotatable bonds is 8. The Labute approximate surface area is 188 Å². The number of nitrogens with zero attached hydrogens (tertiary/aromatic N) is 1. The molecule has 1 amide bonds. The second-order valence-electron chi connectivity index (χ2n) is 8.78. The van der Waals surface area contributed by atoms with Gasteiger partial charge in [-0.05, 0) is 41.6 Å². The van der Waals surface area contributed by atoms with E-state index in [2.05, 4.69) is 29.6 Å². The minimum atomic E-state index is -1.24. The number of fused-ring (bicyclic) bond motifs is 3. The summed E-state index contributed by atoms with van der Waals surface area (Å²) in [6.07, 6.45) is -1.57. The monoisotopic (exact) mass is 440 g/mol. The Bertz CT molecular complexity index is 891. The fourth-order valence-electron chi connectivity index (χ4n) is 5.04. The maximum absolute atomic E-state index is 12.7. The van der Waals surface area contributed by atoms with Gasteiger partial charge in [-0.25, -0.2) is 0 Å². The third-order valence-electron chi connectivity index (χ3n) is 6.76. The van der Waals surface area contributed by atoms with Crippen molar-refractivity contribution in [1.29, 1.82) is 0 Å². The van der Waals surface area contributed by atoms with Gasteiger partial charge in [0.1, 0.15) is 12.2 Å². The van der Waals surface area contributed by atoms with Gasteiger partial charge < -0.3 is 25.7 Å². The van der Waals surface area contributed by atoms with E-state index in [9.17, 15) is 25.2 Å². The zero-order chi connectivity index (χ0) is 22.7. The standard InChI is InChI=1S/C25H32N2O5/c28-15-21-24(31)25(32)22(29)14-27(21)12-6-5-11-26-23(30)13-20-18-9-3-1-7-16(18)17-8-2-4-10-19(17)20/h1-4,7-10,20-22,24-25,28-29,31-32H,5-6,11-15H2,(H,26,30)/t21-,22+,24-,25-/m1/s1. The van der Waals surface area contributed by atoms with Gasteiger partial charge in [-0.1, -0.05) is 48.5 Å². The molecular weight excluding hydrogens is 408 g/mol. The van der Waals surface area contributed by atoms with Crippen LogP contribution in [0.2, 0.25) is 0 Å². The molecule has 0 aromatic heterocycles. The Morgan fingerprint density at radius 1 is 0.938 bits per heavy atom. The lowest BCUT2D eigenvalue weighted by Gasteiger charge is -2.43. The Hall–Kier alpha value is -2.29. The molecule has 7 nitrogen and oxygen atoms in total. The molecule has 0 bridgehead atoms. The van der Waals surface area contributed by atoms with Crippen LogP contribution < -0.4 is 5.32 Å². The molecule has 1 aliphatic heterocycles. The number of unbranched alkanes of at least 4 members (excludes halogenated alkanes) is 1. The smallest absolute Gasteiger partial charge is 0.220 e. The lowest BCUT2D eigenvalue weighted by atomic mass is 9.93. The first-order valence-corrected chi connectivity index (χ1v) is 11.3. The number of hydrogen-bond donors (Lipinski definition) is 5. The van der Waals surface area contributed by atoms with Crippen LogP contribution in [0.4, 0.5) is 0 Å². The van der Waals surface area contributed by atoms with Gasteiger partial charge >= 0.3 is 0 Å². The van der Waals surface area contributed by atoms with E-state index in [-0.39, 0.29) is 25.0 Å². The number of β-amino-alcohol motifs (C(OH)–C–C–N with tert-alkyl or cyclic N) is 1. The lowest BCUT2D eigenvalue weighted by molar-refractivity contribution is -0.145. The van der Waals surface area contributed by atoms with Gasteiger partial charge in [0.25, 0.3) is 0 Å². The minimum absolute atomic E-state index is 0.0154. The topological polar surface area (TPSA) is 113 Å². The SMILES string of the molecule is O=C(CC1c2ccccc2-c2ccccc21)NCCCCN1C[C@H](O)[C@@H](O)[C@H](O)[C@H]1CO. The second kappa shape index (κ2) is 10.1. The highest BCUT2D eigenvalue weighted by Gasteiger charge is 2.40. The fourth-order valence-corrected chi connectivity index (χ4v) is 5.04. The Kier molecular flexibility index (Phi) is 7.23. The van der Waals surface area contributed by atoms with Crippen LogP contribution in [-0.2, 0) is 4.79 Å². The highest BCUT2D eigenvalue weighted by molar-refractivity contribution is 5.84. The number of aliphatic hydroxyl groups excluding tert-OH is 4. The van der Waals surface area contributed by atoms with E-state index in [1.54, 1.807) is 4.90 Å². The first-order valence-electron chi connectivity index (χ1n) is 11.3. The van der Waals surface area contributed by atoms with Gasteiger partial charge in [0.2, 0.25) is 5.91 Å². The Balaban J connectivity index is 1.25. The molecular formula is C25H32N2O5. The lowest BCUT2D eigenvalue weighted by Crippen LogP contribution is -2.62. The number of hydrogen-bond acceptors (Lipinski definition) is 6. The van der Waals surface area contributed by atoms with E-state index in [1.807, 2.05) is 24.3 Å². The summed E-state index contributed by atoms with van der Waals surface area (Å²) in [7, 11) is 0. The maximum atomic E-state index is 12.7. The van der Waals surface area contributed by atoms with Crippen LogP contribution >= 0.6 is 0 Å². The summed E-state index contributed by atoms with van der Waals surface area (Å²) in [5.74, 6) is 0.0807. The molecule has 7 heteroatoms. The third-order valence-corrected chi connectivity index (χ3v) is 6.76. The van der Waals surface area contributed by atoms with E-state index in [1.165, 1.54) is 22.3 Å². The molecule has 172 valence electrons. The van der Waals surface area contributed by atoms with Gasteiger partial charge in [0.05, 0.1) is 18.8 Å². The number of nitrogens with one attached hydrogen (secondary N) is 1. The highest BCUT2D eigenvalue weighted by Crippen LogP contribution is 2.45. The predicted octanol–water partition coefficient (Wildman–Crippen LogP) is 0.845. The molecule has 0 unspecified atom stereocenters. The molecule has 5 N–H and O–H groups in total. The summed E-state index contributed by atoms with van der Waals surface area (Å²) in [6, 6.07) is 15.9. The van der Waals surface area contributed by atoms with E-state index >= 15 is 0 Å². The number of carbonyl (C=O) groups excluding carboxylic acids is 1. The van der Waals surface area contributed by atoms with Gasteiger partial charge in [0, 0.05) is 25.4 Å². The average molecular weight is 441 g/mol. The number of aliphatic hydroxyl groups is 4. The number of carbonyl (C=O) groups is 1. The molecule has 2 aliphatic rings. The Morgan fingerprint density at radius 2 is 1.56 bits per heavy atom. The van der Waals surface area contributed by atoms with E-state index in [4.69, 9.17) is 0 Å². The van der Waals surface area contributed by atoms with Crippen LogP contribution in [0.3, 0.4) is 0 Å². The zero-order valence-corrected chi connectivity index (χ0v) is 18.1. The molecule has 4 rings (SSSR count). The van der Waals surface area contributed by atoms with E-state index in [0.29, 0.717) is 19.5 Å². The van der Waals surface area contributed by atoms with Crippen molar-refractivity contribution in [3.05, 3.63) is 59.7 Å². The average Bonchev–Trinajstić information content (AvgIpc) is 3.11. The summed E-state index contributed by atoms with van der Waals surface area (Å²) in [4.78, 5) is 14.5. The minimum Gasteiger partial charge on any atom is -0.395 e. The summed E-state index contributed by atoms with van der Waals surface area (Å²) in [6.45, 7) is 1.02. The quantitative estimate of drug-likeness (QED) is 0.389. The van der Waals surface area contributed by atoms with Crippen molar-refractivity contribution < 1.29 is 25.2 Å². The van der Waals surface area contributed by atoms with Crippen LogP contribution in [-0.4, -0.2) is 81.8 Å². The van der Waals surface area contributed by atoms with Crippen molar-refractivity contribution >= 4 is 5.91 Å². The fraction of sp³-hybridized carbons (Fsp3) is 0.480.